The Kier molecular flexibility index (Phi) is 18.2. The standard InChI is InChI=1S/C58H66F2N14O10S2/c1-32(2)66-51(77)55(6,7)71-46(76)44-35(5)48(86-50(44)70(53(71)79)31-58(11,84-25-15-21-62)40-28-37(60)17-19-42(40)82-13)74-65-29-38(68-74)26-33(3)67-52(78)56(8,9)72-45(75)43-34(4)47(73-63-22-23-64-73)85-49(43)69(54(72)80)30-57(10,83-24-14-20-61)39-27-36(59)16-18-41(39)81-12/h16-19,22-23,27-29,32-33H,14-15,24-26,30-31H2,1-13H3,(H,66,77)(H,67,78)/t33?,57-,58+/m0/s1. The number of nitrogens with one attached hydrogen (secondary N) is 2. The quantitative estimate of drug-likeness (QED) is 0.0630. The molecule has 86 heavy (non-hydrogen) atoms. The zero-order valence-corrected chi connectivity index (χ0v) is 51.5. The van der Waals surface area contributed by atoms with Gasteiger partial charge in [0.25, 0.3) is 11.1 Å². The van der Waals surface area contributed by atoms with E-state index in [0.29, 0.717) is 26.8 Å². The Morgan fingerprint density at radius 3 is 1.51 bits per heavy atom. The number of ether oxygens (including phenoxy) is 4. The van der Waals surface area contributed by atoms with Gasteiger partial charge in [-0.2, -0.15) is 30.9 Å². The van der Waals surface area contributed by atoms with Gasteiger partial charge in [-0.25, -0.2) is 27.5 Å². The molecule has 2 N–H and O–H groups in total. The van der Waals surface area contributed by atoms with Crippen LogP contribution in [-0.4, -0.2) is 99.6 Å². The summed E-state index contributed by atoms with van der Waals surface area (Å²) in [6.07, 6.45) is 4.28. The predicted octanol–water partition coefficient (Wildman–Crippen LogP) is 6.27. The molecule has 6 aromatic heterocycles. The van der Waals surface area contributed by atoms with Gasteiger partial charge in [-0.1, -0.05) is 22.7 Å². The number of nitriles is 2. The fraction of sp³-hybridized carbons (Fsp3) is 0.448. The van der Waals surface area contributed by atoms with Crippen molar-refractivity contribution in [3.05, 3.63) is 136 Å². The maximum atomic E-state index is 15.2. The molecule has 0 aliphatic rings. The molecule has 0 aliphatic carbocycles. The summed E-state index contributed by atoms with van der Waals surface area (Å²) >= 11 is 2.05. The topological polar surface area (TPSA) is 292 Å². The van der Waals surface area contributed by atoms with Gasteiger partial charge in [-0.3, -0.25) is 28.3 Å². The van der Waals surface area contributed by atoms with Crippen molar-refractivity contribution in [3.63, 3.8) is 0 Å². The third-order valence-electron chi connectivity index (χ3n) is 14.9. The molecule has 8 rings (SSSR count). The normalized spacial score (nSPS) is 13.7. The zero-order valence-electron chi connectivity index (χ0n) is 49.8. The number of hydrogen-bond donors (Lipinski definition) is 2. The summed E-state index contributed by atoms with van der Waals surface area (Å²) in [4.78, 5) is 91.7. The van der Waals surface area contributed by atoms with Gasteiger partial charge in [0.05, 0.1) is 101 Å². The second-order valence-electron chi connectivity index (χ2n) is 22.4. The summed E-state index contributed by atoms with van der Waals surface area (Å²) in [6.45, 7) is 16.4. The van der Waals surface area contributed by atoms with Crippen molar-refractivity contribution in [2.45, 2.75) is 143 Å². The van der Waals surface area contributed by atoms with Crippen molar-refractivity contribution in [2.75, 3.05) is 27.4 Å². The van der Waals surface area contributed by atoms with Gasteiger partial charge < -0.3 is 29.6 Å². The molecule has 1 unspecified atom stereocenters. The SMILES string of the molecule is COc1ccc(F)cc1[C@@](C)(Cn1c(=O)n(C(C)(C)C(=O)NC(C)C)c(=O)c2c(C)c(-n3ncc(CC(C)NC(=O)C(C)(C)n4c(=O)c5c(C)c(-n6nccn6)sc5n(C[C@](C)(OCCC#N)c5cc(F)ccc5OC)c4=O)n3)sc21)OCCC#N. The second-order valence-corrected chi connectivity index (χ2v) is 24.3. The number of hydrogen-bond acceptors (Lipinski definition) is 18. The van der Waals surface area contributed by atoms with Gasteiger partial charge in [-0.05, 0) is 113 Å². The van der Waals surface area contributed by atoms with Gasteiger partial charge in [0.15, 0.2) is 0 Å². The van der Waals surface area contributed by atoms with Crippen LogP contribution in [0, 0.1) is 48.1 Å². The molecular formula is C58H66F2N14O10S2. The summed E-state index contributed by atoms with van der Waals surface area (Å²) in [5.74, 6) is -2.17. The number of carbonyl (C=O) groups excluding carboxylic acids is 2. The molecule has 0 saturated carbocycles. The lowest BCUT2D eigenvalue weighted by molar-refractivity contribution is -0.130. The number of thiophene rings is 2. The molecule has 2 aromatic carbocycles. The summed E-state index contributed by atoms with van der Waals surface area (Å²) < 4.78 is 58.5. The maximum Gasteiger partial charge on any atom is 0.333 e. The van der Waals surface area contributed by atoms with Crippen LogP contribution < -0.4 is 42.6 Å². The van der Waals surface area contributed by atoms with Crippen molar-refractivity contribution in [2.24, 2.45) is 0 Å². The highest BCUT2D eigenvalue weighted by molar-refractivity contribution is 7.21. The van der Waals surface area contributed by atoms with Gasteiger partial charge >= 0.3 is 11.4 Å². The molecule has 0 radical (unpaired) electrons. The number of aromatic nitrogens is 10. The highest BCUT2D eigenvalue weighted by Gasteiger charge is 2.42. The number of carbonyl (C=O) groups is 2. The van der Waals surface area contributed by atoms with Crippen LogP contribution in [0.3, 0.4) is 0 Å². The summed E-state index contributed by atoms with van der Waals surface area (Å²) in [6, 6.07) is 10.6. The number of rotatable bonds is 24. The van der Waals surface area contributed by atoms with E-state index in [1.54, 1.807) is 48.5 Å². The van der Waals surface area contributed by atoms with Gasteiger partial charge in [0.1, 0.15) is 65.1 Å². The van der Waals surface area contributed by atoms with Crippen LogP contribution in [-0.2, 0) is 60.9 Å². The Labute approximate surface area is 499 Å². The van der Waals surface area contributed by atoms with E-state index in [0.717, 1.165) is 31.8 Å². The maximum absolute atomic E-state index is 15.2. The number of aryl methyl sites for hydroxylation is 2. The molecule has 24 nitrogen and oxygen atoms in total. The van der Waals surface area contributed by atoms with Gasteiger partial charge in [0.2, 0.25) is 11.8 Å². The van der Waals surface area contributed by atoms with Crippen molar-refractivity contribution >= 4 is 54.9 Å². The first-order chi connectivity index (χ1) is 40.6. The molecule has 8 aromatic rings. The molecule has 6 heterocycles. The smallest absolute Gasteiger partial charge is 0.333 e. The third kappa shape index (κ3) is 11.8. The molecule has 0 saturated heterocycles. The minimum atomic E-state index is -1.90. The highest BCUT2D eigenvalue weighted by atomic mass is 32.1. The fourth-order valence-electron chi connectivity index (χ4n) is 10.4. The lowest BCUT2D eigenvalue weighted by atomic mass is 9.94. The Hall–Kier alpha value is -8.70. The van der Waals surface area contributed by atoms with Crippen LogP contribution in [0.1, 0.15) is 103 Å². The predicted molar refractivity (Wildman–Crippen MR) is 316 cm³/mol. The van der Waals surface area contributed by atoms with E-state index in [-0.39, 0.29) is 94.7 Å². The molecule has 454 valence electrons. The van der Waals surface area contributed by atoms with Crippen LogP contribution in [0.15, 0.2) is 74.2 Å². The monoisotopic (exact) mass is 1220 g/mol. The molecular weight excluding hydrogens is 1150 g/mol. The van der Waals surface area contributed by atoms with E-state index >= 15 is 18.4 Å². The largest absolute Gasteiger partial charge is 0.496 e. The number of amides is 2. The average Bonchev–Trinajstić information content (AvgIpc) is 1.48. The zero-order chi connectivity index (χ0) is 63.0. The number of methoxy groups -OCH3 is 2. The highest BCUT2D eigenvalue weighted by Crippen LogP contribution is 2.40. The Bertz CT molecular complexity index is 4260. The molecule has 0 spiro atoms. The molecule has 3 atom stereocenters. The molecule has 0 bridgehead atoms. The second kappa shape index (κ2) is 24.7. The van der Waals surface area contributed by atoms with Crippen molar-refractivity contribution in [3.8, 4) is 33.6 Å². The van der Waals surface area contributed by atoms with Crippen LogP contribution in [0.25, 0.3) is 30.4 Å². The van der Waals surface area contributed by atoms with E-state index in [1.165, 1.54) is 116 Å². The Morgan fingerprint density at radius 1 is 0.663 bits per heavy atom. The summed E-state index contributed by atoms with van der Waals surface area (Å²) in [7, 11) is 2.78. The minimum absolute atomic E-state index is 0.0478. The lowest BCUT2D eigenvalue weighted by Gasteiger charge is -2.33. The fourth-order valence-corrected chi connectivity index (χ4v) is 12.8. The van der Waals surface area contributed by atoms with Gasteiger partial charge in [0, 0.05) is 40.8 Å². The molecule has 0 fully saturated rings. The third-order valence-corrected chi connectivity index (χ3v) is 17.5. The average molecular weight is 1220 g/mol. The molecule has 0 aliphatic heterocycles. The minimum Gasteiger partial charge on any atom is -0.496 e. The number of fused-ring (bicyclic) bond motifs is 2. The Balaban J connectivity index is 1.18. The van der Waals surface area contributed by atoms with E-state index in [9.17, 15) is 29.7 Å². The van der Waals surface area contributed by atoms with E-state index in [2.05, 4.69) is 25.9 Å². The molecule has 28 heteroatoms. The van der Waals surface area contributed by atoms with E-state index in [4.69, 9.17) is 24.0 Å². The van der Waals surface area contributed by atoms with Crippen LogP contribution in [0.4, 0.5) is 8.78 Å². The van der Waals surface area contributed by atoms with Gasteiger partial charge in [-0.15, -0.1) is 9.59 Å². The van der Waals surface area contributed by atoms with E-state index < -0.39 is 74.3 Å². The number of benzene rings is 2. The van der Waals surface area contributed by atoms with Crippen LogP contribution in [0.5, 0.6) is 11.5 Å². The summed E-state index contributed by atoms with van der Waals surface area (Å²) in [5.41, 5.74) is -8.71. The Morgan fingerprint density at radius 2 is 1.09 bits per heavy atom. The van der Waals surface area contributed by atoms with Crippen molar-refractivity contribution in [1.29, 1.82) is 10.5 Å². The first kappa shape index (κ1) is 63.3. The first-order valence-electron chi connectivity index (χ1n) is 27.3. The van der Waals surface area contributed by atoms with Crippen LogP contribution >= 0.6 is 22.7 Å². The first-order valence-corrected chi connectivity index (χ1v) is 28.9. The lowest BCUT2D eigenvalue weighted by Crippen LogP contribution is -2.57. The number of halogens is 2. The van der Waals surface area contributed by atoms with Crippen molar-refractivity contribution in [1.82, 2.24) is 58.9 Å². The van der Waals surface area contributed by atoms with E-state index in [1.807, 2.05) is 12.1 Å². The summed E-state index contributed by atoms with van der Waals surface area (Å²) in [5, 5.41) is 43.4. The molecule has 2 amide bonds. The number of nitrogens with zero attached hydrogens (tertiary/aromatic N) is 12. The van der Waals surface area contributed by atoms with Crippen LogP contribution in [0.2, 0.25) is 0 Å². The van der Waals surface area contributed by atoms with Crippen molar-refractivity contribution < 1.29 is 37.3 Å².